The summed E-state index contributed by atoms with van der Waals surface area (Å²) in [5, 5.41) is 2.76. The Labute approximate surface area is 142 Å². The van der Waals surface area contributed by atoms with Gasteiger partial charge in [0.1, 0.15) is 0 Å². The molecule has 0 radical (unpaired) electrons. The number of sulfonamides is 1. The lowest BCUT2D eigenvalue weighted by Gasteiger charge is -2.20. The van der Waals surface area contributed by atoms with Crippen LogP contribution >= 0.6 is 0 Å². The summed E-state index contributed by atoms with van der Waals surface area (Å²) in [6.45, 7) is 0.751. The van der Waals surface area contributed by atoms with Crippen LogP contribution in [0.3, 0.4) is 0 Å². The number of carbonyl (C=O) groups is 1. The van der Waals surface area contributed by atoms with Crippen molar-refractivity contribution in [2.75, 3.05) is 19.3 Å². The van der Waals surface area contributed by atoms with Crippen LogP contribution < -0.4 is 5.32 Å². The van der Waals surface area contributed by atoms with Gasteiger partial charge >= 0.3 is 0 Å². The number of nitrogens with zero attached hydrogens (tertiary/aromatic N) is 2. The van der Waals surface area contributed by atoms with Crippen molar-refractivity contribution in [2.45, 2.75) is 13.0 Å². The van der Waals surface area contributed by atoms with Crippen LogP contribution in [-0.2, 0) is 27.8 Å². The van der Waals surface area contributed by atoms with E-state index in [0.717, 1.165) is 11.1 Å². The first-order valence-corrected chi connectivity index (χ1v) is 9.44. The number of rotatable bonds is 8. The first-order valence-electron chi connectivity index (χ1n) is 7.60. The molecule has 0 spiro atoms. The molecule has 24 heavy (non-hydrogen) atoms. The molecule has 0 saturated heterocycles. The molecule has 0 aliphatic rings. The minimum atomic E-state index is -3.36. The summed E-state index contributed by atoms with van der Waals surface area (Å²) in [4.78, 5) is 15.8. The maximum absolute atomic E-state index is 11.9. The number of amides is 1. The molecule has 1 aromatic carbocycles. The maximum Gasteiger partial charge on any atom is 0.224 e. The maximum atomic E-state index is 11.9. The fourth-order valence-electron chi connectivity index (χ4n) is 2.22. The van der Waals surface area contributed by atoms with Crippen molar-refractivity contribution in [3.63, 3.8) is 0 Å². The minimum absolute atomic E-state index is 0.126. The van der Waals surface area contributed by atoms with E-state index in [1.54, 1.807) is 24.5 Å². The topological polar surface area (TPSA) is 79.4 Å². The normalized spacial score (nSPS) is 11.4. The van der Waals surface area contributed by atoms with Gasteiger partial charge in [0.05, 0.1) is 12.7 Å². The van der Waals surface area contributed by atoms with E-state index < -0.39 is 10.0 Å². The summed E-state index contributed by atoms with van der Waals surface area (Å²) in [6, 6.07) is 13.0. The Hall–Kier alpha value is -2.25. The van der Waals surface area contributed by atoms with E-state index in [0.29, 0.717) is 0 Å². The largest absolute Gasteiger partial charge is 0.354 e. The SMILES string of the molecule is CS(=O)(=O)N(CCNC(=O)Cc1ccccc1)Cc1ccncc1. The van der Waals surface area contributed by atoms with E-state index in [4.69, 9.17) is 0 Å². The van der Waals surface area contributed by atoms with Crippen molar-refractivity contribution in [3.8, 4) is 0 Å². The molecule has 1 amide bonds. The smallest absolute Gasteiger partial charge is 0.224 e. The summed E-state index contributed by atoms with van der Waals surface area (Å²) in [7, 11) is -3.36. The molecule has 1 aromatic heterocycles. The standard InChI is InChI=1S/C17H21N3O3S/c1-24(22,23)20(14-16-7-9-18-10-8-16)12-11-19-17(21)13-15-5-3-2-4-6-15/h2-10H,11-14H2,1H3,(H,19,21). The van der Waals surface area contributed by atoms with Gasteiger partial charge < -0.3 is 5.32 Å². The van der Waals surface area contributed by atoms with Crippen molar-refractivity contribution in [1.29, 1.82) is 0 Å². The minimum Gasteiger partial charge on any atom is -0.354 e. The molecule has 0 aliphatic carbocycles. The summed E-state index contributed by atoms with van der Waals surface area (Å²) in [6.07, 6.45) is 4.69. The first-order chi connectivity index (χ1) is 11.4. The average molecular weight is 347 g/mol. The highest BCUT2D eigenvalue weighted by Crippen LogP contribution is 2.07. The van der Waals surface area contributed by atoms with Crippen molar-refractivity contribution >= 4 is 15.9 Å². The second-order valence-corrected chi connectivity index (χ2v) is 7.45. The van der Waals surface area contributed by atoms with Gasteiger partial charge in [-0.2, -0.15) is 4.31 Å². The summed E-state index contributed by atoms with van der Waals surface area (Å²) >= 11 is 0. The number of benzene rings is 1. The predicted molar refractivity (Wildman–Crippen MR) is 92.6 cm³/mol. The second kappa shape index (κ2) is 8.56. The van der Waals surface area contributed by atoms with Crippen LogP contribution in [0.15, 0.2) is 54.9 Å². The van der Waals surface area contributed by atoms with Crippen LogP contribution in [0.5, 0.6) is 0 Å². The zero-order valence-electron chi connectivity index (χ0n) is 13.6. The Bertz CT molecular complexity index is 749. The number of aromatic nitrogens is 1. The fraction of sp³-hybridized carbons (Fsp3) is 0.294. The molecule has 6 nitrogen and oxygen atoms in total. The van der Waals surface area contributed by atoms with E-state index in [-0.39, 0.29) is 32.0 Å². The average Bonchev–Trinajstić information content (AvgIpc) is 2.55. The van der Waals surface area contributed by atoms with Crippen molar-refractivity contribution in [2.24, 2.45) is 0 Å². The molecule has 0 aliphatic heterocycles. The number of carbonyl (C=O) groups excluding carboxylic acids is 1. The number of hydrogen-bond donors (Lipinski definition) is 1. The van der Waals surface area contributed by atoms with Gasteiger partial charge in [0.15, 0.2) is 0 Å². The first kappa shape index (κ1) is 18.1. The molecule has 2 rings (SSSR count). The van der Waals surface area contributed by atoms with Crippen LogP contribution in [0.1, 0.15) is 11.1 Å². The second-order valence-electron chi connectivity index (χ2n) is 5.46. The van der Waals surface area contributed by atoms with Crippen molar-refractivity contribution < 1.29 is 13.2 Å². The third kappa shape index (κ3) is 6.10. The monoisotopic (exact) mass is 347 g/mol. The Morgan fingerprint density at radius 1 is 1.08 bits per heavy atom. The van der Waals surface area contributed by atoms with E-state index in [1.165, 1.54) is 10.6 Å². The lowest BCUT2D eigenvalue weighted by molar-refractivity contribution is -0.120. The van der Waals surface area contributed by atoms with Gasteiger partial charge in [-0.15, -0.1) is 0 Å². The molecule has 1 N–H and O–H groups in total. The van der Waals surface area contributed by atoms with E-state index >= 15 is 0 Å². The highest BCUT2D eigenvalue weighted by molar-refractivity contribution is 7.88. The molecule has 128 valence electrons. The lowest BCUT2D eigenvalue weighted by atomic mass is 10.1. The third-order valence-electron chi connectivity index (χ3n) is 3.47. The number of nitrogens with one attached hydrogen (secondary N) is 1. The van der Waals surface area contributed by atoms with Crippen LogP contribution in [0.2, 0.25) is 0 Å². The highest BCUT2D eigenvalue weighted by Gasteiger charge is 2.17. The molecule has 0 saturated carbocycles. The van der Waals surface area contributed by atoms with Crippen molar-refractivity contribution in [1.82, 2.24) is 14.6 Å². The van der Waals surface area contributed by atoms with Gasteiger partial charge in [-0.3, -0.25) is 9.78 Å². The van der Waals surface area contributed by atoms with Gasteiger partial charge in [-0.25, -0.2) is 8.42 Å². The molecule has 0 fully saturated rings. The summed E-state index contributed by atoms with van der Waals surface area (Å²) in [5.41, 5.74) is 1.78. The number of pyridine rings is 1. The van der Waals surface area contributed by atoms with Gasteiger partial charge in [0.2, 0.25) is 15.9 Å². The lowest BCUT2D eigenvalue weighted by Crippen LogP contribution is -2.38. The summed E-state index contributed by atoms with van der Waals surface area (Å²) < 4.78 is 25.1. The van der Waals surface area contributed by atoms with Gasteiger partial charge in [0.25, 0.3) is 0 Å². The zero-order valence-corrected chi connectivity index (χ0v) is 14.4. The molecule has 0 atom stereocenters. The molecule has 7 heteroatoms. The number of hydrogen-bond acceptors (Lipinski definition) is 4. The molecular weight excluding hydrogens is 326 g/mol. The Morgan fingerprint density at radius 2 is 1.75 bits per heavy atom. The van der Waals surface area contributed by atoms with Crippen LogP contribution in [0.25, 0.3) is 0 Å². The zero-order chi connectivity index (χ0) is 17.4. The Balaban J connectivity index is 1.86. The van der Waals surface area contributed by atoms with Gasteiger partial charge in [-0.1, -0.05) is 30.3 Å². The molecule has 0 unspecified atom stereocenters. The third-order valence-corrected chi connectivity index (χ3v) is 4.72. The quantitative estimate of drug-likeness (QED) is 0.778. The van der Waals surface area contributed by atoms with Gasteiger partial charge in [0, 0.05) is 32.0 Å². The van der Waals surface area contributed by atoms with E-state index in [1.807, 2.05) is 30.3 Å². The predicted octanol–water partition coefficient (Wildman–Crippen LogP) is 1.20. The Kier molecular flexibility index (Phi) is 6.45. The van der Waals surface area contributed by atoms with E-state index in [9.17, 15) is 13.2 Å². The van der Waals surface area contributed by atoms with Crippen molar-refractivity contribution in [3.05, 3.63) is 66.0 Å². The Morgan fingerprint density at radius 3 is 2.38 bits per heavy atom. The highest BCUT2D eigenvalue weighted by atomic mass is 32.2. The molecule has 0 bridgehead atoms. The van der Waals surface area contributed by atoms with Crippen LogP contribution in [0, 0.1) is 0 Å². The van der Waals surface area contributed by atoms with Crippen LogP contribution in [0.4, 0.5) is 0 Å². The van der Waals surface area contributed by atoms with Gasteiger partial charge in [-0.05, 0) is 23.3 Å². The van der Waals surface area contributed by atoms with Crippen LogP contribution in [-0.4, -0.2) is 43.0 Å². The molecule has 1 heterocycles. The molecule has 2 aromatic rings. The molecular formula is C17H21N3O3S. The fourth-order valence-corrected chi connectivity index (χ4v) is 3.02. The summed E-state index contributed by atoms with van der Waals surface area (Å²) in [5.74, 6) is -0.126. The van der Waals surface area contributed by atoms with E-state index in [2.05, 4.69) is 10.3 Å².